The highest BCUT2D eigenvalue weighted by Crippen LogP contribution is 2.47. The van der Waals surface area contributed by atoms with Crippen molar-refractivity contribution in [3.8, 4) is 67.3 Å². The molecule has 0 radical (unpaired) electrons. The van der Waals surface area contributed by atoms with Crippen LogP contribution in [0.3, 0.4) is 0 Å². The van der Waals surface area contributed by atoms with E-state index >= 15 is 0 Å². The Labute approximate surface area is 899 Å². The molecule has 12 nitrogen and oxygen atoms in total. The number of rotatable bonds is 12. The average Bonchev–Trinajstić information content (AvgIpc) is 0.755. The number of piperidine rings is 4. The Balaban J connectivity index is 0.000000134. The minimum atomic E-state index is -0.658. The maximum Gasteiger partial charge on any atom is 0.255 e. The molecule has 0 saturated carbocycles. The first-order valence-corrected chi connectivity index (χ1v) is 53.2. The average molecular weight is 2160 g/mol. The van der Waals surface area contributed by atoms with E-state index in [0.717, 1.165) is 181 Å². The van der Waals surface area contributed by atoms with Crippen molar-refractivity contribution in [2.75, 3.05) is 52.4 Å². The predicted molar refractivity (Wildman–Crippen MR) is 603 cm³/mol. The van der Waals surface area contributed by atoms with Crippen molar-refractivity contribution in [2.24, 2.45) is 0 Å². The van der Waals surface area contributed by atoms with Gasteiger partial charge < -0.3 is 0 Å². The molecule has 0 atom stereocenters. The Morgan fingerprint density at radius 3 is 0.741 bits per heavy atom. The molecule has 8 heterocycles. The zero-order chi connectivity index (χ0) is 105. The van der Waals surface area contributed by atoms with Gasteiger partial charge in [-0.25, -0.2) is 22.0 Å². The lowest BCUT2D eigenvalue weighted by atomic mass is 9.85. The van der Waals surface area contributed by atoms with E-state index < -0.39 is 17.5 Å². The number of fused-ring (bicyclic) bond motifs is 4. The van der Waals surface area contributed by atoms with Gasteiger partial charge in [-0.15, -0.1) is 0 Å². The summed E-state index contributed by atoms with van der Waals surface area (Å²) in [7, 11) is 0. The van der Waals surface area contributed by atoms with Gasteiger partial charge in [0.05, 0.1) is 90.0 Å². The fourth-order valence-corrected chi connectivity index (χ4v) is 23.8. The SMILES string of the molecule is CC(C)(C)N1CCC(c2cc(-c3cc(F)cc(F)c3)c3ccc(=O)n(-c4c(Cl)cccc4Cl)c3c2)CC1.CC(C)(C)N1CCC(c2cc(-c3ccc(Cl)c(F)c3)c3ccc(=O)n(-c4c(Cl)cccc4Cl)c3c2)CC1.CC(C)(C)N1CCC(c2cc(-c3ccc(F)cc3)c3ccc(=O)n(-c4c(Cl)cccc4Cl)c3c2)CC1.Cc1cc(-c2cc(C3CCN(C(C)(C)C)CC3)cc3c2ccc(=O)n3-c2c(Cl)cccc2Cl)ccc1F. The van der Waals surface area contributed by atoms with Crippen LogP contribution < -0.4 is 22.2 Å². The molecule has 0 unspecified atom stereocenters. The third-order valence-electron chi connectivity index (χ3n) is 29.5. The molecule has 4 saturated heterocycles. The van der Waals surface area contributed by atoms with Gasteiger partial charge in [0.25, 0.3) is 22.2 Å². The molecule has 0 amide bonds. The molecule has 0 aliphatic carbocycles. The third-order valence-corrected chi connectivity index (χ3v) is 32.2. The molecule has 4 aliphatic heterocycles. The standard InChI is InChI=1S/C31H31Cl2FN2O.C30H28Cl3FN2O.C30H28Cl2F2N2O.C30H29Cl2FN2O/c1-19-16-21(8-10-27(19)34)24-17-22(20-12-14-35(15-13-20)31(2,3)4)18-28-23(24)9-11-29(37)36(28)30-25(32)6-5-7-26(30)33;1-30(2,3)35-13-11-18(12-14-35)20-15-22(19-7-9-23(31)26(34)16-19)21-8-10-28(37)36(27(21)17-20)29-24(32)5-4-6-25(29)33;1-30(2,3)35-11-9-18(10-12-35)19-15-24(20-13-21(33)17-22(34)14-20)23-7-8-28(37)36(27(23)16-19)29-25(31)5-4-6-26(29)32;1-30(2,3)34-15-13-19(14-16-34)21-17-24(20-7-9-22(33)10-8-20)23-11-12-28(36)35(27(23)18-21)29-25(31)5-4-6-26(29)32/h5-11,16-18,20H,12-15H2,1-4H3;4-10,15-18H,11-14H2,1-3H3;4-8,13-18H,9-12H2,1-3H3;4-12,17-19H,13-16H2,1-3H3. The molecule has 4 aromatic heterocycles. The van der Waals surface area contributed by atoms with Crippen molar-refractivity contribution in [1.82, 2.24) is 37.9 Å². The summed E-state index contributed by atoms with van der Waals surface area (Å²) in [5.41, 5.74) is 15.4. The lowest BCUT2D eigenvalue weighted by Gasteiger charge is -2.41. The number of para-hydroxylation sites is 4. The van der Waals surface area contributed by atoms with E-state index in [4.69, 9.17) is 104 Å². The van der Waals surface area contributed by atoms with Crippen LogP contribution in [-0.2, 0) is 0 Å². The summed E-state index contributed by atoms with van der Waals surface area (Å²) >= 11 is 58.5. The lowest BCUT2D eigenvalue weighted by Crippen LogP contribution is -2.45. The smallest absolute Gasteiger partial charge is 0.255 e. The fourth-order valence-electron chi connectivity index (χ4n) is 21.5. The van der Waals surface area contributed by atoms with Crippen LogP contribution in [0.1, 0.15) is 186 Å². The molecule has 16 aromatic rings. The molecule has 26 heteroatoms. The van der Waals surface area contributed by atoms with Crippen molar-refractivity contribution in [2.45, 2.75) is 187 Å². The Hall–Kier alpha value is -10.4. The summed E-state index contributed by atoms with van der Waals surface area (Å²) in [5.74, 6) is -1.11. The molecule has 0 N–H and O–H groups in total. The van der Waals surface area contributed by atoms with Gasteiger partial charge in [-0.2, -0.15) is 0 Å². The van der Waals surface area contributed by atoms with E-state index in [1.54, 1.807) is 136 Å². The van der Waals surface area contributed by atoms with E-state index in [9.17, 15) is 41.1 Å². The second-order valence-corrected chi connectivity index (χ2v) is 46.5. The van der Waals surface area contributed by atoms with Gasteiger partial charge in [0.15, 0.2) is 0 Å². The molecule has 0 bridgehead atoms. The molecule has 762 valence electrons. The van der Waals surface area contributed by atoms with Crippen LogP contribution in [0.25, 0.3) is 111 Å². The number of halogens is 14. The van der Waals surface area contributed by atoms with Crippen molar-refractivity contribution in [1.29, 1.82) is 0 Å². The van der Waals surface area contributed by atoms with Crippen LogP contribution in [0.15, 0.2) is 268 Å². The van der Waals surface area contributed by atoms with Gasteiger partial charge >= 0.3 is 0 Å². The topological polar surface area (TPSA) is 101 Å². The highest BCUT2D eigenvalue weighted by molar-refractivity contribution is 6.40. The number of benzene rings is 12. The molecule has 4 fully saturated rings. The first kappa shape index (κ1) is 108. The van der Waals surface area contributed by atoms with Crippen LogP contribution in [0, 0.1) is 36.0 Å². The minimum Gasteiger partial charge on any atom is -0.298 e. The van der Waals surface area contributed by atoms with Gasteiger partial charge in [-0.3, -0.25) is 57.0 Å². The highest BCUT2D eigenvalue weighted by atomic mass is 35.5. The summed E-state index contributed by atoms with van der Waals surface area (Å²) in [6, 6.07) is 70.8. The maximum absolute atomic E-state index is 14.6. The normalized spacial score (nSPS) is 15.4. The number of aryl methyl sites for hydroxylation is 1. The highest BCUT2D eigenvalue weighted by Gasteiger charge is 2.36. The van der Waals surface area contributed by atoms with Crippen LogP contribution in [-0.4, -0.2) is 112 Å². The zero-order valence-corrected chi connectivity index (χ0v) is 91.1. The van der Waals surface area contributed by atoms with E-state index in [0.29, 0.717) is 119 Å². The second kappa shape index (κ2) is 44.2. The summed E-state index contributed by atoms with van der Waals surface area (Å²) in [6.45, 7) is 36.5. The van der Waals surface area contributed by atoms with Gasteiger partial charge in [0.2, 0.25) is 0 Å². The summed E-state index contributed by atoms with van der Waals surface area (Å²) in [6.07, 6.45) is 7.93. The minimum absolute atomic E-state index is 0.0681. The zero-order valence-electron chi connectivity index (χ0n) is 84.3. The van der Waals surface area contributed by atoms with E-state index in [-0.39, 0.29) is 67.0 Å². The van der Waals surface area contributed by atoms with Gasteiger partial charge in [-0.05, 0) is 435 Å². The first-order chi connectivity index (χ1) is 69.7. The Kier molecular flexibility index (Phi) is 32.5. The molecular weight excluding hydrogens is 2040 g/mol. The molecule has 20 rings (SSSR count). The molecular formula is C121H116Cl9F5N8O4. The maximum atomic E-state index is 14.6. The molecule has 12 aromatic carbocycles. The number of nitrogens with zero attached hydrogens (tertiary/aromatic N) is 8. The summed E-state index contributed by atoms with van der Waals surface area (Å²) in [4.78, 5) is 63.1. The van der Waals surface area contributed by atoms with E-state index in [1.807, 2.05) is 36.4 Å². The Morgan fingerprint density at radius 2 is 0.483 bits per heavy atom. The van der Waals surface area contributed by atoms with Crippen molar-refractivity contribution in [3.63, 3.8) is 0 Å². The predicted octanol–water partition coefficient (Wildman–Crippen LogP) is 33.4. The molecule has 147 heavy (non-hydrogen) atoms. The van der Waals surface area contributed by atoms with Crippen LogP contribution in [0.2, 0.25) is 45.2 Å². The van der Waals surface area contributed by atoms with Gasteiger partial charge in [0.1, 0.15) is 29.1 Å². The number of pyridine rings is 4. The quantitative estimate of drug-likeness (QED) is 0.112. The van der Waals surface area contributed by atoms with Crippen molar-refractivity contribution in [3.05, 3.63) is 392 Å². The lowest BCUT2D eigenvalue weighted by molar-refractivity contribution is 0.102. The summed E-state index contributed by atoms with van der Waals surface area (Å²) < 4.78 is 77.4. The third kappa shape index (κ3) is 23.4. The first-order valence-electron chi connectivity index (χ1n) is 49.8. The Bertz CT molecular complexity index is 7650. The Morgan fingerprint density at radius 1 is 0.238 bits per heavy atom. The van der Waals surface area contributed by atoms with E-state index in [1.165, 1.54) is 64.7 Å². The molecule has 4 aliphatic rings. The van der Waals surface area contributed by atoms with Crippen LogP contribution >= 0.6 is 104 Å². The van der Waals surface area contributed by atoms with Gasteiger partial charge in [-0.1, -0.05) is 177 Å². The summed E-state index contributed by atoms with van der Waals surface area (Å²) in [5, 5.41) is 6.38. The van der Waals surface area contributed by atoms with Gasteiger partial charge in [0, 0.05) is 74.0 Å². The number of aromatic nitrogens is 4. The van der Waals surface area contributed by atoms with Crippen molar-refractivity contribution < 1.29 is 22.0 Å². The molecule has 0 spiro atoms. The monoisotopic (exact) mass is 2150 g/mol. The second-order valence-electron chi connectivity index (χ2n) is 42.8. The number of hydrogen-bond acceptors (Lipinski definition) is 8. The number of likely N-dealkylation sites (tertiary alicyclic amines) is 4. The van der Waals surface area contributed by atoms with Crippen molar-refractivity contribution >= 4 is 148 Å². The van der Waals surface area contributed by atoms with Crippen LogP contribution in [0.4, 0.5) is 22.0 Å². The number of hydrogen-bond donors (Lipinski definition) is 0. The fraction of sp³-hybridized carbons (Fsp3) is 0.306. The largest absolute Gasteiger partial charge is 0.298 e. The van der Waals surface area contributed by atoms with E-state index in [2.05, 4.69) is 139 Å². The van der Waals surface area contributed by atoms with Crippen LogP contribution in [0.5, 0.6) is 0 Å².